The third-order valence-electron chi connectivity index (χ3n) is 2.72. The Bertz CT molecular complexity index is 446. The van der Waals surface area contributed by atoms with Gasteiger partial charge in [0.1, 0.15) is 0 Å². The van der Waals surface area contributed by atoms with E-state index in [-0.39, 0.29) is 18.4 Å². The predicted molar refractivity (Wildman–Crippen MR) is 72.4 cm³/mol. The molecule has 18 heavy (non-hydrogen) atoms. The largest absolute Gasteiger partial charge is 0.481 e. The standard InChI is InChI=1S/C13H16BrNO3/c1-8(2)10(13(17)18)7-15-12(16)9-5-3-4-6-11(9)14/h3-6,8,10H,7H2,1-2H3,(H,15,16)(H,17,18). The molecule has 0 heterocycles. The molecule has 1 aromatic rings. The van der Waals surface area contributed by atoms with Gasteiger partial charge in [-0.3, -0.25) is 9.59 Å². The summed E-state index contributed by atoms with van der Waals surface area (Å²) in [6, 6.07) is 7.03. The van der Waals surface area contributed by atoms with Crippen molar-refractivity contribution >= 4 is 27.8 Å². The molecule has 0 bridgehead atoms. The number of carboxylic acids is 1. The number of halogens is 1. The van der Waals surface area contributed by atoms with Crippen LogP contribution in [-0.2, 0) is 4.79 Å². The highest BCUT2D eigenvalue weighted by Crippen LogP contribution is 2.16. The first-order valence-electron chi connectivity index (χ1n) is 5.69. The maximum absolute atomic E-state index is 11.9. The van der Waals surface area contributed by atoms with Crippen molar-refractivity contribution in [3.8, 4) is 0 Å². The Balaban J connectivity index is 2.66. The Labute approximate surface area is 115 Å². The molecule has 1 amide bonds. The highest BCUT2D eigenvalue weighted by atomic mass is 79.9. The zero-order valence-electron chi connectivity index (χ0n) is 10.3. The number of hydrogen-bond donors (Lipinski definition) is 2. The lowest BCUT2D eigenvalue weighted by molar-refractivity contribution is -0.142. The molecule has 1 atom stereocenters. The number of benzene rings is 1. The smallest absolute Gasteiger partial charge is 0.308 e. The number of aliphatic carboxylic acids is 1. The van der Waals surface area contributed by atoms with Crippen molar-refractivity contribution in [1.82, 2.24) is 5.32 Å². The normalized spacial score (nSPS) is 12.2. The molecule has 0 aliphatic carbocycles. The van der Waals surface area contributed by atoms with E-state index in [0.29, 0.717) is 10.0 Å². The maximum Gasteiger partial charge on any atom is 0.308 e. The van der Waals surface area contributed by atoms with Crippen LogP contribution in [0.15, 0.2) is 28.7 Å². The SMILES string of the molecule is CC(C)C(CNC(=O)c1ccccc1Br)C(=O)O. The molecular formula is C13H16BrNO3. The summed E-state index contributed by atoms with van der Waals surface area (Å²) in [4.78, 5) is 22.9. The van der Waals surface area contributed by atoms with Gasteiger partial charge in [0.05, 0.1) is 11.5 Å². The van der Waals surface area contributed by atoms with Gasteiger partial charge < -0.3 is 10.4 Å². The molecule has 0 spiro atoms. The number of carbonyl (C=O) groups excluding carboxylic acids is 1. The van der Waals surface area contributed by atoms with Crippen molar-refractivity contribution in [2.24, 2.45) is 11.8 Å². The molecule has 1 unspecified atom stereocenters. The maximum atomic E-state index is 11.9. The van der Waals surface area contributed by atoms with E-state index >= 15 is 0 Å². The molecule has 5 heteroatoms. The first-order chi connectivity index (χ1) is 8.43. The van der Waals surface area contributed by atoms with Crippen LogP contribution in [0, 0.1) is 11.8 Å². The molecule has 0 aliphatic rings. The van der Waals surface area contributed by atoms with Crippen molar-refractivity contribution in [2.45, 2.75) is 13.8 Å². The second-order valence-corrected chi connectivity index (χ2v) is 5.23. The summed E-state index contributed by atoms with van der Waals surface area (Å²) in [5.74, 6) is -1.76. The number of carbonyl (C=O) groups is 2. The highest BCUT2D eigenvalue weighted by Gasteiger charge is 2.22. The molecule has 1 aromatic carbocycles. The van der Waals surface area contributed by atoms with Crippen molar-refractivity contribution in [3.63, 3.8) is 0 Å². The van der Waals surface area contributed by atoms with Crippen LogP contribution in [0.25, 0.3) is 0 Å². The quantitative estimate of drug-likeness (QED) is 0.878. The van der Waals surface area contributed by atoms with Gasteiger partial charge in [0.2, 0.25) is 0 Å². The molecule has 1 rings (SSSR count). The third-order valence-corrected chi connectivity index (χ3v) is 3.41. The van der Waals surface area contributed by atoms with Crippen LogP contribution in [-0.4, -0.2) is 23.5 Å². The molecule has 0 aliphatic heterocycles. The molecule has 4 nitrogen and oxygen atoms in total. The fraction of sp³-hybridized carbons (Fsp3) is 0.385. The van der Waals surface area contributed by atoms with Gasteiger partial charge in [-0.25, -0.2) is 0 Å². The van der Waals surface area contributed by atoms with Gasteiger partial charge in [-0.1, -0.05) is 26.0 Å². The first kappa shape index (κ1) is 14.7. The minimum atomic E-state index is -0.891. The molecule has 2 N–H and O–H groups in total. The van der Waals surface area contributed by atoms with Crippen molar-refractivity contribution in [1.29, 1.82) is 0 Å². The summed E-state index contributed by atoms with van der Waals surface area (Å²) in [5.41, 5.74) is 0.505. The second-order valence-electron chi connectivity index (χ2n) is 4.38. The molecule has 0 radical (unpaired) electrons. The Morgan fingerprint density at radius 2 is 1.94 bits per heavy atom. The van der Waals surface area contributed by atoms with Crippen LogP contribution < -0.4 is 5.32 Å². The van der Waals surface area contributed by atoms with Gasteiger partial charge in [0.25, 0.3) is 5.91 Å². The van der Waals surface area contributed by atoms with Gasteiger partial charge in [0.15, 0.2) is 0 Å². The molecular weight excluding hydrogens is 298 g/mol. The van der Waals surface area contributed by atoms with Crippen LogP contribution in [0.3, 0.4) is 0 Å². The Hall–Kier alpha value is -1.36. The fourth-order valence-corrected chi connectivity index (χ4v) is 2.02. The zero-order chi connectivity index (χ0) is 13.7. The first-order valence-corrected chi connectivity index (χ1v) is 6.48. The number of hydrogen-bond acceptors (Lipinski definition) is 2. The molecule has 0 aromatic heterocycles. The number of amides is 1. The van der Waals surface area contributed by atoms with Gasteiger partial charge in [-0.15, -0.1) is 0 Å². The minimum Gasteiger partial charge on any atom is -0.481 e. The second kappa shape index (κ2) is 6.54. The summed E-state index contributed by atoms with van der Waals surface area (Å²) in [5, 5.41) is 11.7. The summed E-state index contributed by atoms with van der Waals surface area (Å²) in [7, 11) is 0. The van der Waals surface area contributed by atoms with E-state index in [1.807, 2.05) is 19.9 Å². The van der Waals surface area contributed by atoms with E-state index in [1.165, 1.54) is 0 Å². The van der Waals surface area contributed by atoms with Gasteiger partial charge >= 0.3 is 5.97 Å². The summed E-state index contributed by atoms with van der Waals surface area (Å²) < 4.78 is 0.693. The Kier molecular flexibility index (Phi) is 5.34. The van der Waals surface area contributed by atoms with E-state index in [0.717, 1.165) is 0 Å². The third kappa shape index (κ3) is 3.84. The van der Waals surface area contributed by atoms with Gasteiger partial charge in [-0.05, 0) is 34.0 Å². The van der Waals surface area contributed by atoms with E-state index in [1.54, 1.807) is 18.2 Å². The summed E-state index contributed by atoms with van der Waals surface area (Å²) >= 11 is 3.28. The Morgan fingerprint density at radius 1 is 1.33 bits per heavy atom. The monoisotopic (exact) mass is 313 g/mol. The topological polar surface area (TPSA) is 66.4 Å². The highest BCUT2D eigenvalue weighted by molar-refractivity contribution is 9.10. The van der Waals surface area contributed by atoms with Crippen molar-refractivity contribution in [2.75, 3.05) is 6.54 Å². The summed E-state index contributed by atoms with van der Waals surface area (Å²) in [6.45, 7) is 3.78. The average molecular weight is 314 g/mol. The number of carboxylic acid groups (broad SMARTS) is 1. The van der Waals surface area contributed by atoms with Gasteiger partial charge in [0, 0.05) is 11.0 Å². The van der Waals surface area contributed by atoms with Gasteiger partial charge in [-0.2, -0.15) is 0 Å². The van der Waals surface area contributed by atoms with Crippen molar-refractivity contribution < 1.29 is 14.7 Å². The zero-order valence-corrected chi connectivity index (χ0v) is 11.9. The molecule has 0 saturated carbocycles. The van der Waals surface area contributed by atoms with E-state index in [4.69, 9.17) is 5.11 Å². The van der Waals surface area contributed by atoms with E-state index in [2.05, 4.69) is 21.2 Å². The van der Waals surface area contributed by atoms with Crippen LogP contribution in [0.1, 0.15) is 24.2 Å². The Morgan fingerprint density at radius 3 is 2.44 bits per heavy atom. The lowest BCUT2D eigenvalue weighted by Gasteiger charge is -2.16. The lowest BCUT2D eigenvalue weighted by Crippen LogP contribution is -2.35. The van der Waals surface area contributed by atoms with Crippen LogP contribution >= 0.6 is 15.9 Å². The molecule has 0 saturated heterocycles. The van der Waals surface area contributed by atoms with Crippen molar-refractivity contribution in [3.05, 3.63) is 34.3 Å². The van der Waals surface area contributed by atoms with E-state index in [9.17, 15) is 9.59 Å². The molecule has 98 valence electrons. The average Bonchev–Trinajstić information content (AvgIpc) is 2.28. The van der Waals surface area contributed by atoms with Crippen LogP contribution in [0.4, 0.5) is 0 Å². The van der Waals surface area contributed by atoms with E-state index < -0.39 is 11.9 Å². The predicted octanol–water partition coefficient (Wildman–Crippen LogP) is 2.54. The van der Waals surface area contributed by atoms with Crippen LogP contribution in [0.5, 0.6) is 0 Å². The minimum absolute atomic E-state index is 0.0259. The van der Waals surface area contributed by atoms with Crippen LogP contribution in [0.2, 0.25) is 0 Å². The fourth-order valence-electron chi connectivity index (χ4n) is 1.55. The lowest BCUT2D eigenvalue weighted by atomic mass is 9.96. The summed E-state index contributed by atoms with van der Waals surface area (Å²) in [6.07, 6.45) is 0. The number of nitrogens with one attached hydrogen (secondary N) is 1. The number of rotatable bonds is 5. The molecule has 0 fully saturated rings.